The molecule has 4 rings (SSSR count). The van der Waals surface area contributed by atoms with Gasteiger partial charge in [0.25, 0.3) is 11.6 Å². The van der Waals surface area contributed by atoms with Crippen LogP contribution in [0.15, 0.2) is 72.8 Å². The van der Waals surface area contributed by atoms with Gasteiger partial charge < -0.3 is 16.0 Å². The summed E-state index contributed by atoms with van der Waals surface area (Å²) in [6.07, 6.45) is 0. The quantitative estimate of drug-likeness (QED) is 0.203. The number of non-ortho nitro benzene ring substituents is 1. The Balaban J connectivity index is 1.43. The van der Waals surface area contributed by atoms with Crippen molar-refractivity contribution < 1.29 is 9.72 Å². The molecule has 0 unspecified atom stereocenters. The third-order valence-electron chi connectivity index (χ3n) is 4.99. The van der Waals surface area contributed by atoms with E-state index in [0.717, 1.165) is 23.1 Å². The Hall–Kier alpha value is -4.50. The van der Waals surface area contributed by atoms with Gasteiger partial charge in [-0.2, -0.15) is 4.98 Å². The zero-order valence-electron chi connectivity index (χ0n) is 18.9. The largest absolute Gasteiger partial charge is 0.340 e. The van der Waals surface area contributed by atoms with Crippen LogP contribution in [-0.2, 0) is 0 Å². The second kappa shape index (κ2) is 10.2. The summed E-state index contributed by atoms with van der Waals surface area (Å²) in [6.45, 7) is 3.91. The first kappa shape index (κ1) is 23.7. The summed E-state index contributed by atoms with van der Waals surface area (Å²) < 4.78 is 0. The molecule has 0 aliphatic carbocycles. The Morgan fingerprint density at radius 3 is 2.14 bits per heavy atom. The molecule has 4 aromatic rings. The van der Waals surface area contributed by atoms with E-state index >= 15 is 0 Å². The first-order chi connectivity index (χ1) is 16.8. The third-order valence-corrected chi connectivity index (χ3v) is 5.30. The Morgan fingerprint density at radius 1 is 0.857 bits per heavy atom. The molecule has 1 amide bonds. The summed E-state index contributed by atoms with van der Waals surface area (Å²) in [7, 11) is 0. The molecule has 0 bridgehead atoms. The fourth-order valence-corrected chi connectivity index (χ4v) is 3.50. The maximum atomic E-state index is 12.5. The molecule has 3 aromatic carbocycles. The van der Waals surface area contributed by atoms with Crippen molar-refractivity contribution >= 4 is 52.0 Å². The molecule has 0 aliphatic rings. The van der Waals surface area contributed by atoms with Gasteiger partial charge in [0, 0.05) is 41.0 Å². The summed E-state index contributed by atoms with van der Waals surface area (Å²) in [5.74, 6) is 0.612. The molecule has 0 aliphatic heterocycles. The lowest BCUT2D eigenvalue weighted by molar-refractivity contribution is -0.384. The van der Waals surface area contributed by atoms with Gasteiger partial charge in [-0.25, -0.2) is 4.98 Å². The van der Waals surface area contributed by atoms with Crippen molar-refractivity contribution in [2.45, 2.75) is 13.8 Å². The molecule has 0 spiro atoms. The van der Waals surface area contributed by atoms with Crippen LogP contribution in [0.4, 0.5) is 34.5 Å². The van der Waals surface area contributed by atoms with Gasteiger partial charge in [-0.1, -0.05) is 29.3 Å². The van der Waals surface area contributed by atoms with E-state index in [1.54, 1.807) is 24.3 Å². The first-order valence-corrected chi connectivity index (χ1v) is 11.0. The number of carbonyl (C=O) groups excluding carboxylic acids is 1. The van der Waals surface area contributed by atoms with E-state index in [4.69, 9.17) is 11.6 Å². The van der Waals surface area contributed by atoms with Crippen LogP contribution >= 0.6 is 11.6 Å². The van der Waals surface area contributed by atoms with Crippen molar-refractivity contribution in [1.29, 1.82) is 0 Å². The van der Waals surface area contributed by atoms with E-state index in [1.807, 2.05) is 44.2 Å². The van der Waals surface area contributed by atoms with Gasteiger partial charge >= 0.3 is 0 Å². The number of rotatable bonds is 7. The number of nitrogens with zero attached hydrogens (tertiary/aromatic N) is 3. The summed E-state index contributed by atoms with van der Waals surface area (Å²) in [6, 6.07) is 20.5. The second-order valence-electron chi connectivity index (χ2n) is 7.79. The van der Waals surface area contributed by atoms with Crippen LogP contribution in [0.2, 0.25) is 5.02 Å². The van der Waals surface area contributed by atoms with Gasteiger partial charge in [-0.05, 0) is 56.3 Å². The number of benzene rings is 3. The minimum Gasteiger partial charge on any atom is -0.340 e. The predicted molar refractivity (Wildman–Crippen MR) is 137 cm³/mol. The summed E-state index contributed by atoms with van der Waals surface area (Å²) in [4.78, 5) is 31.8. The standard InChI is InChI=1S/C25H21ClN6O3/c1-15-3-5-17(6-4-15)28-23-13-16(2)27-25(31-23)30-19-9-7-18(8-10-19)29-24(33)21-12-11-20(32(34)35)14-22(21)26/h3-14H,1-2H3,(H,29,33)(H2,27,28,30,31). The van der Waals surface area contributed by atoms with Crippen molar-refractivity contribution in [2.24, 2.45) is 0 Å². The van der Waals surface area contributed by atoms with Crippen molar-refractivity contribution in [2.75, 3.05) is 16.0 Å². The number of aryl methyl sites for hydroxylation is 2. The van der Waals surface area contributed by atoms with Gasteiger partial charge in [-0.3, -0.25) is 14.9 Å². The molecule has 0 saturated carbocycles. The Morgan fingerprint density at radius 2 is 1.49 bits per heavy atom. The highest BCUT2D eigenvalue weighted by Gasteiger charge is 2.15. The molecule has 1 heterocycles. The van der Waals surface area contributed by atoms with Crippen molar-refractivity contribution in [3.05, 3.63) is 105 Å². The monoisotopic (exact) mass is 488 g/mol. The summed E-state index contributed by atoms with van der Waals surface area (Å²) >= 11 is 6.04. The van der Waals surface area contributed by atoms with Gasteiger partial charge in [0.2, 0.25) is 5.95 Å². The van der Waals surface area contributed by atoms with Crippen LogP contribution in [0.25, 0.3) is 0 Å². The van der Waals surface area contributed by atoms with Gasteiger partial charge in [-0.15, -0.1) is 0 Å². The Bertz CT molecular complexity index is 1390. The van der Waals surface area contributed by atoms with Crippen LogP contribution in [-0.4, -0.2) is 20.8 Å². The minimum absolute atomic E-state index is 0.00151. The average Bonchev–Trinajstić information content (AvgIpc) is 2.81. The highest BCUT2D eigenvalue weighted by Crippen LogP contribution is 2.25. The maximum absolute atomic E-state index is 12.5. The number of carbonyl (C=O) groups is 1. The first-order valence-electron chi connectivity index (χ1n) is 10.6. The Kier molecular flexibility index (Phi) is 6.88. The molecule has 0 fully saturated rings. The smallest absolute Gasteiger partial charge is 0.270 e. The zero-order valence-corrected chi connectivity index (χ0v) is 19.6. The van der Waals surface area contributed by atoms with Crippen LogP contribution in [0.3, 0.4) is 0 Å². The molecule has 0 radical (unpaired) electrons. The molecule has 0 saturated heterocycles. The highest BCUT2D eigenvalue weighted by molar-refractivity contribution is 6.34. The van der Waals surface area contributed by atoms with Crippen LogP contribution < -0.4 is 16.0 Å². The van der Waals surface area contributed by atoms with E-state index in [2.05, 4.69) is 25.9 Å². The molecule has 3 N–H and O–H groups in total. The van der Waals surface area contributed by atoms with Crippen molar-refractivity contribution in [3.8, 4) is 0 Å². The molecule has 10 heteroatoms. The fraction of sp³-hybridized carbons (Fsp3) is 0.0800. The summed E-state index contributed by atoms with van der Waals surface area (Å²) in [5, 5.41) is 20.0. The number of anilines is 5. The van der Waals surface area contributed by atoms with E-state index in [-0.39, 0.29) is 16.3 Å². The number of amides is 1. The number of hydrogen-bond donors (Lipinski definition) is 3. The number of nitro groups is 1. The maximum Gasteiger partial charge on any atom is 0.270 e. The minimum atomic E-state index is -0.571. The molecule has 35 heavy (non-hydrogen) atoms. The van der Waals surface area contributed by atoms with Gasteiger partial charge in [0.05, 0.1) is 15.5 Å². The molecule has 176 valence electrons. The number of nitrogens with one attached hydrogen (secondary N) is 3. The third kappa shape index (κ3) is 6.10. The van der Waals surface area contributed by atoms with Crippen LogP contribution in [0, 0.1) is 24.0 Å². The lowest BCUT2D eigenvalue weighted by Crippen LogP contribution is -2.12. The van der Waals surface area contributed by atoms with Crippen LogP contribution in [0.5, 0.6) is 0 Å². The van der Waals surface area contributed by atoms with Gasteiger partial charge in [0.15, 0.2) is 0 Å². The van der Waals surface area contributed by atoms with Gasteiger partial charge in [0.1, 0.15) is 5.82 Å². The van der Waals surface area contributed by atoms with E-state index in [0.29, 0.717) is 17.5 Å². The van der Waals surface area contributed by atoms with E-state index in [9.17, 15) is 14.9 Å². The van der Waals surface area contributed by atoms with Crippen molar-refractivity contribution in [1.82, 2.24) is 9.97 Å². The topological polar surface area (TPSA) is 122 Å². The molecular formula is C25H21ClN6O3. The number of aromatic nitrogens is 2. The molecular weight excluding hydrogens is 468 g/mol. The summed E-state index contributed by atoms with van der Waals surface area (Å²) in [5.41, 5.74) is 4.10. The Labute approximate surface area is 206 Å². The lowest BCUT2D eigenvalue weighted by Gasteiger charge is -2.11. The predicted octanol–water partition coefficient (Wildman–Crippen LogP) is 6.39. The SMILES string of the molecule is Cc1ccc(Nc2cc(C)nc(Nc3ccc(NC(=O)c4ccc([N+](=O)[O-])cc4Cl)cc3)n2)cc1. The zero-order chi connectivity index (χ0) is 24.9. The molecule has 0 atom stereocenters. The van der Waals surface area contributed by atoms with E-state index < -0.39 is 10.8 Å². The van der Waals surface area contributed by atoms with Crippen molar-refractivity contribution in [3.63, 3.8) is 0 Å². The molecule has 9 nitrogen and oxygen atoms in total. The fourth-order valence-electron chi connectivity index (χ4n) is 3.24. The van der Waals surface area contributed by atoms with Crippen LogP contribution in [0.1, 0.15) is 21.6 Å². The highest BCUT2D eigenvalue weighted by atomic mass is 35.5. The number of hydrogen-bond acceptors (Lipinski definition) is 7. The van der Waals surface area contributed by atoms with E-state index in [1.165, 1.54) is 17.7 Å². The lowest BCUT2D eigenvalue weighted by atomic mass is 10.2. The number of halogens is 1. The molecule has 1 aromatic heterocycles. The number of nitro benzene ring substituents is 1. The normalized spacial score (nSPS) is 10.5. The average molecular weight is 489 g/mol. The second-order valence-corrected chi connectivity index (χ2v) is 8.19.